The molecule has 1 aromatic carbocycles. The Labute approximate surface area is 160 Å². The van der Waals surface area contributed by atoms with E-state index in [1.807, 2.05) is 40.4 Å². The Bertz CT molecular complexity index is 1100. The minimum absolute atomic E-state index is 0.155. The number of carbonyl (C=O) groups is 1. The van der Waals surface area contributed by atoms with Crippen molar-refractivity contribution >= 4 is 45.0 Å². The molecule has 4 rings (SSSR count). The Morgan fingerprint density at radius 1 is 1.30 bits per heavy atom. The first-order chi connectivity index (χ1) is 13.2. The van der Waals surface area contributed by atoms with Gasteiger partial charge in [-0.05, 0) is 42.1 Å². The van der Waals surface area contributed by atoms with E-state index in [0.717, 1.165) is 47.1 Å². The molecule has 4 aromatic rings. The fourth-order valence-corrected chi connectivity index (χ4v) is 3.62. The summed E-state index contributed by atoms with van der Waals surface area (Å²) in [7, 11) is 1.64. The van der Waals surface area contributed by atoms with E-state index >= 15 is 0 Å². The van der Waals surface area contributed by atoms with Gasteiger partial charge in [0.1, 0.15) is 5.75 Å². The Hall–Kier alpha value is -2.93. The molecule has 0 spiro atoms. The number of ether oxygens (including phenoxy) is 1. The van der Waals surface area contributed by atoms with Crippen molar-refractivity contribution < 1.29 is 9.53 Å². The summed E-state index contributed by atoms with van der Waals surface area (Å²) >= 11 is 1.41. The van der Waals surface area contributed by atoms with Gasteiger partial charge < -0.3 is 10.1 Å². The van der Waals surface area contributed by atoms with Crippen LogP contribution in [0.4, 0.5) is 5.82 Å². The molecule has 138 valence electrons. The van der Waals surface area contributed by atoms with Crippen LogP contribution >= 0.6 is 11.3 Å². The van der Waals surface area contributed by atoms with Crippen molar-refractivity contribution in [3.63, 3.8) is 0 Å². The maximum Gasteiger partial charge on any atom is 0.266 e. The van der Waals surface area contributed by atoms with Crippen LogP contribution in [0.2, 0.25) is 0 Å². The van der Waals surface area contributed by atoms with Gasteiger partial charge in [0.2, 0.25) is 0 Å². The highest BCUT2D eigenvalue weighted by atomic mass is 32.1. The van der Waals surface area contributed by atoms with Crippen LogP contribution in [0.3, 0.4) is 0 Å². The van der Waals surface area contributed by atoms with Gasteiger partial charge in [-0.25, -0.2) is 9.67 Å². The maximum atomic E-state index is 12.5. The number of nitrogens with one attached hydrogen (secondary N) is 1. The van der Waals surface area contributed by atoms with Gasteiger partial charge in [-0.1, -0.05) is 19.4 Å². The van der Waals surface area contributed by atoms with Gasteiger partial charge in [-0.3, -0.25) is 4.79 Å². The first kappa shape index (κ1) is 17.5. The fraction of sp³-hybridized carbons (Fsp3) is 0.250. The molecule has 0 bridgehead atoms. The molecule has 0 saturated heterocycles. The molecular formula is C20H20N4O2S. The van der Waals surface area contributed by atoms with Gasteiger partial charge in [-0.15, -0.1) is 11.3 Å². The molecule has 0 aliphatic rings. The lowest BCUT2D eigenvalue weighted by molar-refractivity contribution is 0.103. The number of hydrogen-bond donors (Lipinski definition) is 1. The smallest absolute Gasteiger partial charge is 0.266 e. The Balaban J connectivity index is 1.82. The zero-order valence-electron chi connectivity index (χ0n) is 15.2. The summed E-state index contributed by atoms with van der Waals surface area (Å²) in [5, 5.41) is 11.2. The number of fused-ring (bicyclic) bond motifs is 2. The number of rotatable bonds is 6. The quantitative estimate of drug-likeness (QED) is 0.526. The molecule has 0 unspecified atom stereocenters. The molecule has 7 heteroatoms. The third-order valence-electron chi connectivity index (χ3n) is 4.42. The number of thiophene rings is 1. The lowest BCUT2D eigenvalue weighted by atomic mass is 10.1. The number of pyridine rings is 1. The van der Waals surface area contributed by atoms with E-state index in [0.29, 0.717) is 10.7 Å². The largest absolute Gasteiger partial charge is 0.497 e. The van der Waals surface area contributed by atoms with Gasteiger partial charge in [-0.2, -0.15) is 5.10 Å². The van der Waals surface area contributed by atoms with Crippen LogP contribution in [0, 0.1) is 0 Å². The summed E-state index contributed by atoms with van der Waals surface area (Å²) in [6.45, 7) is 2.90. The number of nitrogens with zero attached hydrogens (tertiary/aromatic N) is 3. The third kappa shape index (κ3) is 3.38. The number of methoxy groups -OCH3 is 1. The van der Waals surface area contributed by atoms with Crippen LogP contribution in [-0.4, -0.2) is 27.8 Å². The molecule has 27 heavy (non-hydrogen) atoms. The summed E-state index contributed by atoms with van der Waals surface area (Å²) in [6.07, 6.45) is 2.06. The number of anilines is 1. The molecule has 1 N–H and O–H groups in total. The highest BCUT2D eigenvalue weighted by Gasteiger charge is 2.17. The Morgan fingerprint density at radius 3 is 2.93 bits per heavy atom. The Morgan fingerprint density at radius 2 is 2.19 bits per heavy atom. The minimum atomic E-state index is -0.155. The zero-order valence-corrected chi connectivity index (χ0v) is 16.0. The standard InChI is InChI=1S/C20H20N4O2S/c1-3-4-9-24-19-15(12-13-11-14(26-2)7-8-16(13)21-19)18(23-24)22-20(25)17-6-5-10-27-17/h5-8,10-12H,3-4,9H2,1-2H3,(H,22,23,25). The number of aromatic nitrogens is 3. The zero-order chi connectivity index (χ0) is 18.8. The van der Waals surface area contributed by atoms with E-state index in [2.05, 4.69) is 17.3 Å². The van der Waals surface area contributed by atoms with E-state index in [-0.39, 0.29) is 5.91 Å². The summed E-state index contributed by atoms with van der Waals surface area (Å²) in [4.78, 5) is 18.0. The molecule has 0 saturated carbocycles. The second-order valence-corrected chi connectivity index (χ2v) is 7.22. The lowest BCUT2D eigenvalue weighted by Gasteiger charge is -2.04. The summed E-state index contributed by atoms with van der Waals surface area (Å²) < 4.78 is 7.20. The van der Waals surface area contributed by atoms with Crippen molar-refractivity contribution in [1.29, 1.82) is 0 Å². The monoisotopic (exact) mass is 380 g/mol. The van der Waals surface area contributed by atoms with Crippen LogP contribution in [0.25, 0.3) is 21.9 Å². The minimum Gasteiger partial charge on any atom is -0.497 e. The topological polar surface area (TPSA) is 69.0 Å². The SMILES string of the molecule is CCCCn1nc(NC(=O)c2cccs2)c2cc3cc(OC)ccc3nc21. The van der Waals surface area contributed by atoms with E-state index in [9.17, 15) is 4.79 Å². The summed E-state index contributed by atoms with van der Waals surface area (Å²) in [5.41, 5.74) is 1.65. The molecule has 0 radical (unpaired) electrons. The number of amides is 1. The predicted octanol–water partition coefficient (Wildman–Crippen LogP) is 4.71. The van der Waals surface area contributed by atoms with Crippen molar-refractivity contribution in [2.24, 2.45) is 0 Å². The van der Waals surface area contributed by atoms with Crippen LogP contribution in [0.15, 0.2) is 41.8 Å². The lowest BCUT2D eigenvalue weighted by Crippen LogP contribution is -2.11. The van der Waals surface area contributed by atoms with Crippen molar-refractivity contribution in [1.82, 2.24) is 14.8 Å². The Kier molecular flexibility index (Phi) is 4.77. The van der Waals surface area contributed by atoms with Crippen LogP contribution in [0.5, 0.6) is 5.75 Å². The molecule has 3 heterocycles. The van der Waals surface area contributed by atoms with E-state index < -0.39 is 0 Å². The van der Waals surface area contributed by atoms with Crippen molar-refractivity contribution in [2.45, 2.75) is 26.3 Å². The van der Waals surface area contributed by atoms with Gasteiger partial charge in [0.05, 0.1) is 22.9 Å². The van der Waals surface area contributed by atoms with Gasteiger partial charge in [0.25, 0.3) is 5.91 Å². The molecule has 6 nitrogen and oxygen atoms in total. The van der Waals surface area contributed by atoms with Crippen LogP contribution in [-0.2, 0) is 6.54 Å². The number of hydrogen-bond acceptors (Lipinski definition) is 5. The number of carbonyl (C=O) groups excluding carboxylic acids is 1. The first-order valence-electron chi connectivity index (χ1n) is 8.89. The number of benzene rings is 1. The van der Waals surface area contributed by atoms with Crippen LogP contribution in [0.1, 0.15) is 29.4 Å². The average Bonchev–Trinajstić information content (AvgIpc) is 3.33. The highest BCUT2D eigenvalue weighted by Crippen LogP contribution is 2.29. The van der Waals surface area contributed by atoms with E-state index in [1.54, 1.807) is 13.2 Å². The van der Waals surface area contributed by atoms with Gasteiger partial charge >= 0.3 is 0 Å². The number of aryl methyl sites for hydroxylation is 1. The third-order valence-corrected chi connectivity index (χ3v) is 5.29. The normalized spacial score (nSPS) is 11.2. The van der Waals surface area contributed by atoms with Gasteiger partial charge in [0.15, 0.2) is 11.5 Å². The molecule has 1 amide bonds. The van der Waals surface area contributed by atoms with Crippen molar-refractivity contribution in [2.75, 3.05) is 12.4 Å². The molecule has 0 atom stereocenters. The van der Waals surface area contributed by atoms with E-state index in [4.69, 9.17) is 9.72 Å². The maximum absolute atomic E-state index is 12.5. The van der Waals surface area contributed by atoms with E-state index in [1.165, 1.54) is 11.3 Å². The summed E-state index contributed by atoms with van der Waals surface area (Å²) in [6, 6.07) is 11.4. The molecule has 3 aromatic heterocycles. The second-order valence-electron chi connectivity index (χ2n) is 6.27. The average molecular weight is 380 g/mol. The van der Waals surface area contributed by atoms with Crippen LogP contribution < -0.4 is 10.1 Å². The predicted molar refractivity (Wildman–Crippen MR) is 109 cm³/mol. The molecule has 0 fully saturated rings. The molecule has 0 aliphatic carbocycles. The van der Waals surface area contributed by atoms with Crippen molar-refractivity contribution in [3.05, 3.63) is 46.7 Å². The molecule has 0 aliphatic heterocycles. The first-order valence-corrected chi connectivity index (χ1v) is 9.77. The highest BCUT2D eigenvalue weighted by molar-refractivity contribution is 7.12. The van der Waals surface area contributed by atoms with Crippen molar-refractivity contribution in [3.8, 4) is 5.75 Å². The van der Waals surface area contributed by atoms with Gasteiger partial charge in [0, 0.05) is 11.9 Å². The molecular weight excluding hydrogens is 360 g/mol. The number of unbranched alkanes of at least 4 members (excludes halogenated alkanes) is 1. The summed E-state index contributed by atoms with van der Waals surface area (Å²) in [5.74, 6) is 1.15. The second kappa shape index (κ2) is 7.36. The fourth-order valence-electron chi connectivity index (χ4n) is 3.00.